The molecule has 3 unspecified atom stereocenters. The van der Waals surface area contributed by atoms with Gasteiger partial charge >= 0.3 is 0 Å². The number of hydrogen-bond acceptors (Lipinski definition) is 1. The lowest BCUT2D eigenvalue weighted by Crippen LogP contribution is -2.26. The molecule has 0 N–H and O–H groups in total. The summed E-state index contributed by atoms with van der Waals surface area (Å²) in [5.41, 5.74) is 0. The topological polar surface area (TPSA) is 17.1 Å². The van der Waals surface area contributed by atoms with Crippen LogP contribution in [0.1, 0.15) is 33.1 Å². The standard InChI is InChI=1S/C10H16O/c1-6(2)9-7-3-4-8(5-7)10(9)11/h6-9H,3-5H2,1-2H3. The molecule has 0 amide bonds. The van der Waals surface area contributed by atoms with Crippen molar-refractivity contribution in [2.75, 3.05) is 0 Å². The minimum absolute atomic E-state index is 0.425. The zero-order chi connectivity index (χ0) is 8.01. The lowest BCUT2D eigenvalue weighted by Gasteiger charge is -2.23. The Morgan fingerprint density at radius 2 is 2.09 bits per heavy atom. The van der Waals surface area contributed by atoms with Crippen molar-refractivity contribution in [1.29, 1.82) is 0 Å². The van der Waals surface area contributed by atoms with E-state index < -0.39 is 0 Å². The van der Waals surface area contributed by atoms with Gasteiger partial charge in [-0.1, -0.05) is 13.8 Å². The van der Waals surface area contributed by atoms with Crippen molar-refractivity contribution in [2.24, 2.45) is 23.7 Å². The highest BCUT2D eigenvalue weighted by Gasteiger charge is 2.47. The maximum Gasteiger partial charge on any atom is 0.139 e. The first-order valence-corrected chi connectivity index (χ1v) is 4.74. The Balaban J connectivity index is 2.18. The van der Waals surface area contributed by atoms with Gasteiger partial charge in [0.1, 0.15) is 5.78 Å². The smallest absolute Gasteiger partial charge is 0.139 e. The summed E-state index contributed by atoms with van der Waals surface area (Å²) in [5, 5.41) is 0. The molecule has 0 aliphatic heterocycles. The van der Waals surface area contributed by atoms with Gasteiger partial charge in [0.25, 0.3) is 0 Å². The van der Waals surface area contributed by atoms with Crippen LogP contribution in [0.15, 0.2) is 0 Å². The van der Waals surface area contributed by atoms with Gasteiger partial charge in [-0.15, -0.1) is 0 Å². The fourth-order valence-corrected chi connectivity index (χ4v) is 2.98. The Labute approximate surface area is 68.2 Å². The summed E-state index contributed by atoms with van der Waals surface area (Å²) in [5.74, 6) is 2.81. The van der Waals surface area contributed by atoms with Crippen molar-refractivity contribution in [1.82, 2.24) is 0 Å². The van der Waals surface area contributed by atoms with E-state index in [1.807, 2.05) is 0 Å². The van der Waals surface area contributed by atoms with Crippen LogP contribution in [0.3, 0.4) is 0 Å². The van der Waals surface area contributed by atoms with E-state index in [9.17, 15) is 4.79 Å². The highest BCUT2D eigenvalue weighted by atomic mass is 16.1. The van der Waals surface area contributed by atoms with Gasteiger partial charge in [-0.3, -0.25) is 4.79 Å². The monoisotopic (exact) mass is 152 g/mol. The fourth-order valence-electron chi connectivity index (χ4n) is 2.98. The van der Waals surface area contributed by atoms with E-state index >= 15 is 0 Å². The number of Topliss-reactive ketones (excluding diaryl/α,β-unsaturated/α-hetero) is 1. The Hall–Kier alpha value is -0.330. The normalized spacial score (nSPS) is 42.5. The number of ketones is 1. The van der Waals surface area contributed by atoms with Crippen molar-refractivity contribution in [3.8, 4) is 0 Å². The van der Waals surface area contributed by atoms with Gasteiger partial charge in [0.2, 0.25) is 0 Å². The summed E-state index contributed by atoms with van der Waals surface area (Å²) in [6.07, 6.45) is 3.72. The number of fused-ring (bicyclic) bond motifs is 2. The van der Waals surface area contributed by atoms with Gasteiger partial charge in [0.15, 0.2) is 0 Å². The van der Waals surface area contributed by atoms with Gasteiger partial charge in [-0.25, -0.2) is 0 Å². The van der Waals surface area contributed by atoms with Crippen LogP contribution in [0.5, 0.6) is 0 Å². The molecule has 3 atom stereocenters. The molecule has 2 aliphatic rings. The van der Waals surface area contributed by atoms with E-state index in [4.69, 9.17) is 0 Å². The molecule has 62 valence electrons. The minimum Gasteiger partial charge on any atom is -0.299 e. The summed E-state index contributed by atoms with van der Waals surface area (Å²) in [4.78, 5) is 11.6. The van der Waals surface area contributed by atoms with Crippen LogP contribution in [0.4, 0.5) is 0 Å². The van der Waals surface area contributed by atoms with Crippen molar-refractivity contribution < 1.29 is 4.79 Å². The van der Waals surface area contributed by atoms with Crippen LogP contribution in [0, 0.1) is 23.7 Å². The van der Waals surface area contributed by atoms with E-state index in [0.717, 1.165) is 5.92 Å². The summed E-state index contributed by atoms with van der Waals surface area (Å²) >= 11 is 0. The van der Waals surface area contributed by atoms with E-state index in [-0.39, 0.29) is 0 Å². The molecular formula is C10H16O. The molecule has 0 aromatic rings. The number of rotatable bonds is 1. The van der Waals surface area contributed by atoms with Crippen molar-refractivity contribution >= 4 is 5.78 Å². The zero-order valence-corrected chi connectivity index (χ0v) is 7.34. The van der Waals surface area contributed by atoms with Gasteiger partial charge < -0.3 is 0 Å². The first kappa shape index (κ1) is 7.33. The lowest BCUT2D eigenvalue weighted by molar-refractivity contribution is -0.127. The maximum absolute atomic E-state index is 11.6. The molecule has 2 bridgehead atoms. The molecule has 0 aromatic carbocycles. The van der Waals surface area contributed by atoms with Crippen molar-refractivity contribution in [3.05, 3.63) is 0 Å². The Bertz CT molecular complexity index is 183. The second kappa shape index (κ2) is 2.33. The zero-order valence-electron chi connectivity index (χ0n) is 7.34. The third-order valence-electron chi connectivity index (χ3n) is 3.43. The quantitative estimate of drug-likeness (QED) is 0.563. The van der Waals surface area contributed by atoms with Gasteiger partial charge in [-0.05, 0) is 31.1 Å². The van der Waals surface area contributed by atoms with Gasteiger partial charge in [-0.2, -0.15) is 0 Å². The summed E-state index contributed by atoms with van der Waals surface area (Å²) in [6.45, 7) is 4.37. The third-order valence-corrected chi connectivity index (χ3v) is 3.43. The predicted octanol–water partition coefficient (Wildman–Crippen LogP) is 2.26. The molecule has 1 heteroatoms. The summed E-state index contributed by atoms with van der Waals surface area (Å²) < 4.78 is 0. The molecule has 2 rings (SSSR count). The molecule has 2 saturated carbocycles. The molecule has 0 saturated heterocycles. The van der Waals surface area contributed by atoms with E-state index in [0.29, 0.717) is 23.5 Å². The highest BCUT2D eigenvalue weighted by Crippen LogP contribution is 2.48. The second-order valence-electron chi connectivity index (χ2n) is 4.44. The largest absolute Gasteiger partial charge is 0.299 e. The summed E-state index contributed by atoms with van der Waals surface area (Å²) in [6, 6.07) is 0. The van der Waals surface area contributed by atoms with Crippen molar-refractivity contribution in [3.63, 3.8) is 0 Å². The van der Waals surface area contributed by atoms with Crippen LogP contribution >= 0.6 is 0 Å². The second-order valence-corrected chi connectivity index (χ2v) is 4.44. The van der Waals surface area contributed by atoms with Gasteiger partial charge in [0, 0.05) is 11.8 Å². The van der Waals surface area contributed by atoms with Crippen LogP contribution in [0.2, 0.25) is 0 Å². The number of hydrogen-bond donors (Lipinski definition) is 0. The first-order valence-electron chi connectivity index (χ1n) is 4.74. The maximum atomic E-state index is 11.6. The Morgan fingerprint density at radius 1 is 1.36 bits per heavy atom. The van der Waals surface area contributed by atoms with E-state index in [1.165, 1.54) is 19.3 Å². The van der Waals surface area contributed by atoms with Gasteiger partial charge in [0.05, 0.1) is 0 Å². The average Bonchev–Trinajstić information content (AvgIpc) is 2.44. The molecule has 0 radical (unpaired) electrons. The lowest BCUT2D eigenvalue weighted by atomic mass is 9.80. The van der Waals surface area contributed by atoms with E-state index in [1.54, 1.807) is 0 Å². The van der Waals surface area contributed by atoms with Crippen LogP contribution in [0.25, 0.3) is 0 Å². The SMILES string of the molecule is CC(C)C1C(=O)C2CCC1C2. The van der Waals surface area contributed by atoms with E-state index in [2.05, 4.69) is 13.8 Å². The fraction of sp³-hybridized carbons (Fsp3) is 0.900. The van der Waals surface area contributed by atoms with Crippen LogP contribution < -0.4 is 0 Å². The van der Waals surface area contributed by atoms with Crippen molar-refractivity contribution in [2.45, 2.75) is 33.1 Å². The molecular weight excluding hydrogens is 136 g/mol. The third kappa shape index (κ3) is 0.935. The number of carbonyl (C=O) groups is 1. The molecule has 0 aromatic heterocycles. The van der Waals surface area contributed by atoms with Crippen LogP contribution in [-0.2, 0) is 4.79 Å². The molecule has 11 heavy (non-hydrogen) atoms. The molecule has 2 fully saturated rings. The van der Waals surface area contributed by atoms with Crippen LogP contribution in [-0.4, -0.2) is 5.78 Å². The molecule has 1 nitrogen and oxygen atoms in total. The first-order chi connectivity index (χ1) is 5.20. The number of carbonyl (C=O) groups excluding carboxylic acids is 1. The Morgan fingerprint density at radius 3 is 2.45 bits per heavy atom. The Kier molecular flexibility index (Phi) is 1.55. The highest BCUT2D eigenvalue weighted by molar-refractivity contribution is 5.87. The average molecular weight is 152 g/mol. The molecule has 0 heterocycles. The molecule has 0 spiro atoms. The predicted molar refractivity (Wildman–Crippen MR) is 44.2 cm³/mol. The minimum atomic E-state index is 0.425. The molecule has 2 aliphatic carbocycles. The summed E-state index contributed by atoms with van der Waals surface area (Å²) in [7, 11) is 0.